The number of aliphatic carboxylic acids is 1. The van der Waals surface area contributed by atoms with Crippen LogP contribution in [0.2, 0.25) is 0 Å². The Balaban J connectivity index is 3.46. The Bertz CT molecular complexity index is 248. The topological polar surface area (TPSA) is 108 Å². The minimum atomic E-state index is -1.31. The Labute approximate surface area is 91.0 Å². The summed E-state index contributed by atoms with van der Waals surface area (Å²) in [5, 5.41) is 8.20. The number of hydrogen-bond acceptors (Lipinski definition) is 7. The van der Waals surface area contributed by atoms with Gasteiger partial charge in [0.2, 0.25) is 6.79 Å². The highest BCUT2D eigenvalue weighted by Crippen LogP contribution is 1.91. The van der Waals surface area contributed by atoms with Gasteiger partial charge in [0.25, 0.3) is 0 Å². The molecule has 0 aromatic heterocycles. The summed E-state index contributed by atoms with van der Waals surface area (Å²) >= 11 is 0. The number of ether oxygens (including phenoxy) is 2. The zero-order valence-electron chi connectivity index (χ0n) is 8.63. The Morgan fingerprint density at radius 3 is 2.31 bits per heavy atom. The van der Waals surface area contributed by atoms with Crippen LogP contribution in [-0.2, 0) is 33.6 Å². The lowest BCUT2D eigenvalue weighted by molar-refractivity contribution is -0.272. The fourth-order valence-electron chi connectivity index (χ4n) is 0.616. The third kappa shape index (κ3) is 8.91. The molecular weight excluding hydrogens is 224 g/mol. The maximum absolute atomic E-state index is 10.9. The molecule has 16 heavy (non-hydrogen) atoms. The molecule has 0 atom stereocenters. The molecule has 8 heteroatoms. The Morgan fingerprint density at radius 1 is 1.12 bits per heavy atom. The third-order valence-electron chi connectivity index (χ3n) is 1.24. The minimum absolute atomic E-state index is 0.0123. The van der Waals surface area contributed by atoms with E-state index in [2.05, 4.69) is 19.2 Å². The average molecular weight is 236 g/mol. The molecule has 0 heterocycles. The van der Waals surface area contributed by atoms with Gasteiger partial charge in [0.15, 0.2) is 0 Å². The molecule has 92 valence electrons. The van der Waals surface area contributed by atoms with Gasteiger partial charge in [-0.15, -0.1) is 0 Å². The van der Waals surface area contributed by atoms with Gasteiger partial charge in [-0.1, -0.05) is 0 Å². The molecular formula is C8H12O8. The summed E-state index contributed by atoms with van der Waals surface area (Å²) in [5.41, 5.74) is 0. The van der Waals surface area contributed by atoms with E-state index in [0.29, 0.717) is 0 Å². The van der Waals surface area contributed by atoms with E-state index in [1.165, 1.54) is 7.11 Å². The molecule has 0 aliphatic heterocycles. The van der Waals surface area contributed by atoms with Crippen molar-refractivity contribution in [2.45, 2.75) is 12.8 Å². The van der Waals surface area contributed by atoms with Gasteiger partial charge in [-0.05, 0) is 0 Å². The van der Waals surface area contributed by atoms with Crippen LogP contribution < -0.4 is 0 Å². The molecule has 1 N–H and O–H groups in total. The van der Waals surface area contributed by atoms with Gasteiger partial charge >= 0.3 is 17.9 Å². The van der Waals surface area contributed by atoms with Crippen LogP contribution in [0, 0.1) is 0 Å². The number of carbonyl (C=O) groups excluding carboxylic acids is 2. The number of esters is 2. The largest absolute Gasteiger partial charge is 0.481 e. The van der Waals surface area contributed by atoms with Crippen LogP contribution in [-0.4, -0.2) is 43.5 Å². The zero-order chi connectivity index (χ0) is 12.4. The van der Waals surface area contributed by atoms with Crippen molar-refractivity contribution < 1.29 is 38.7 Å². The van der Waals surface area contributed by atoms with E-state index in [1.807, 2.05) is 0 Å². The van der Waals surface area contributed by atoms with Gasteiger partial charge in [-0.2, -0.15) is 0 Å². The summed E-state index contributed by atoms with van der Waals surface area (Å²) in [5.74, 6) is -2.95. The Morgan fingerprint density at radius 2 is 1.75 bits per heavy atom. The SMILES string of the molecule is COOCCC(=O)OCOC(=O)CC(=O)O. The monoisotopic (exact) mass is 236 g/mol. The highest BCUT2D eigenvalue weighted by Gasteiger charge is 2.10. The fraction of sp³-hybridized carbons (Fsp3) is 0.625. The molecule has 0 unspecified atom stereocenters. The van der Waals surface area contributed by atoms with Gasteiger partial charge in [0.05, 0.1) is 20.1 Å². The lowest BCUT2D eigenvalue weighted by Gasteiger charge is -2.04. The number of carbonyl (C=O) groups is 3. The van der Waals surface area contributed by atoms with E-state index in [4.69, 9.17) is 5.11 Å². The predicted molar refractivity (Wildman–Crippen MR) is 46.9 cm³/mol. The molecule has 0 bridgehead atoms. The molecule has 0 aromatic rings. The van der Waals surface area contributed by atoms with Gasteiger partial charge in [0, 0.05) is 0 Å². The summed E-state index contributed by atoms with van der Waals surface area (Å²) in [7, 11) is 1.29. The second kappa shape index (κ2) is 8.62. The van der Waals surface area contributed by atoms with Crippen LogP contribution in [0.15, 0.2) is 0 Å². The van der Waals surface area contributed by atoms with E-state index in [1.54, 1.807) is 0 Å². The van der Waals surface area contributed by atoms with E-state index >= 15 is 0 Å². The molecule has 0 radical (unpaired) electrons. The van der Waals surface area contributed by atoms with Crippen LogP contribution in [0.25, 0.3) is 0 Å². The summed E-state index contributed by atoms with van der Waals surface area (Å²) in [6.45, 7) is -0.601. The molecule has 0 spiro atoms. The summed E-state index contributed by atoms with van der Waals surface area (Å²) in [4.78, 5) is 40.2. The molecule has 0 aromatic carbocycles. The van der Waals surface area contributed by atoms with E-state index in [-0.39, 0.29) is 13.0 Å². The zero-order valence-corrected chi connectivity index (χ0v) is 8.63. The van der Waals surface area contributed by atoms with Gasteiger partial charge in [-0.3, -0.25) is 14.4 Å². The van der Waals surface area contributed by atoms with Crippen LogP contribution in [0.3, 0.4) is 0 Å². The molecule has 0 rings (SSSR count). The quantitative estimate of drug-likeness (QED) is 0.150. The molecule has 0 fully saturated rings. The standard InChI is InChI=1S/C8H12O8/c1-13-16-3-2-7(11)14-5-15-8(12)4-6(9)10/h2-5H2,1H3,(H,9,10). The number of hydrogen-bond donors (Lipinski definition) is 1. The summed E-state index contributed by atoms with van der Waals surface area (Å²) in [6.07, 6.45) is -0.839. The van der Waals surface area contributed by atoms with E-state index < -0.39 is 31.1 Å². The lowest BCUT2D eigenvalue weighted by Crippen LogP contribution is -2.16. The van der Waals surface area contributed by atoms with Crippen molar-refractivity contribution in [3.8, 4) is 0 Å². The maximum atomic E-state index is 10.9. The number of carboxylic acid groups (broad SMARTS) is 1. The van der Waals surface area contributed by atoms with Gasteiger partial charge in [-0.25, -0.2) is 9.78 Å². The molecule has 8 nitrogen and oxygen atoms in total. The fourth-order valence-corrected chi connectivity index (χ4v) is 0.616. The first-order valence-electron chi connectivity index (χ1n) is 4.25. The molecule has 0 saturated heterocycles. The second-order valence-electron chi connectivity index (χ2n) is 2.46. The summed E-state index contributed by atoms with van der Waals surface area (Å²) < 4.78 is 8.73. The second-order valence-corrected chi connectivity index (χ2v) is 2.46. The van der Waals surface area contributed by atoms with Crippen LogP contribution in [0.4, 0.5) is 0 Å². The van der Waals surface area contributed by atoms with Crippen LogP contribution in [0.1, 0.15) is 12.8 Å². The predicted octanol–water partition coefficient (Wildman–Crippen LogP) is -0.527. The van der Waals surface area contributed by atoms with Gasteiger partial charge < -0.3 is 14.6 Å². The van der Waals surface area contributed by atoms with E-state index in [9.17, 15) is 14.4 Å². The minimum Gasteiger partial charge on any atom is -0.481 e. The highest BCUT2D eigenvalue weighted by molar-refractivity contribution is 5.90. The van der Waals surface area contributed by atoms with Crippen molar-refractivity contribution in [1.82, 2.24) is 0 Å². The van der Waals surface area contributed by atoms with Crippen molar-refractivity contribution in [1.29, 1.82) is 0 Å². The van der Waals surface area contributed by atoms with Crippen molar-refractivity contribution in [3.63, 3.8) is 0 Å². The molecule has 0 saturated carbocycles. The van der Waals surface area contributed by atoms with Crippen LogP contribution in [0.5, 0.6) is 0 Å². The molecule has 0 aliphatic carbocycles. The average Bonchev–Trinajstić information content (AvgIpc) is 2.17. The first-order chi connectivity index (χ1) is 7.56. The van der Waals surface area contributed by atoms with Crippen molar-refractivity contribution in [3.05, 3.63) is 0 Å². The highest BCUT2D eigenvalue weighted by atomic mass is 17.2. The lowest BCUT2D eigenvalue weighted by atomic mass is 10.4. The third-order valence-corrected chi connectivity index (χ3v) is 1.24. The number of rotatable bonds is 8. The van der Waals surface area contributed by atoms with Gasteiger partial charge in [0.1, 0.15) is 6.42 Å². The van der Waals surface area contributed by atoms with Crippen LogP contribution >= 0.6 is 0 Å². The Hall–Kier alpha value is -1.67. The maximum Gasteiger partial charge on any atom is 0.320 e. The first-order valence-corrected chi connectivity index (χ1v) is 4.25. The normalized spacial score (nSPS) is 9.56. The molecule has 0 amide bonds. The first kappa shape index (κ1) is 14.3. The van der Waals surface area contributed by atoms with Crippen molar-refractivity contribution in [2.24, 2.45) is 0 Å². The smallest absolute Gasteiger partial charge is 0.320 e. The number of carboxylic acids is 1. The Kier molecular flexibility index (Phi) is 7.72. The molecule has 0 aliphatic rings. The van der Waals surface area contributed by atoms with Crippen molar-refractivity contribution >= 4 is 17.9 Å². The summed E-state index contributed by atoms with van der Waals surface area (Å²) in [6, 6.07) is 0. The van der Waals surface area contributed by atoms with E-state index in [0.717, 1.165) is 0 Å². The van der Waals surface area contributed by atoms with Crippen molar-refractivity contribution in [2.75, 3.05) is 20.5 Å².